The second-order valence-electron chi connectivity index (χ2n) is 4.42. The maximum Gasteiger partial charge on any atom is 0.118 e. The van der Waals surface area contributed by atoms with Gasteiger partial charge in [0.05, 0.1) is 7.11 Å². The van der Waals surface area contributed by atoms with Crippen molar-refractivity contribution in [3.8, 4) is 5.75 Å². The molecule has 1 aromatic heterocycles. The molecule has 2 aromatic rings. The normalized spacial score (nSPS) is 12.4. The first-order valence-electron chi connectivity index (χ1n) is 6.12. The number of ether oxygens (including phenoxy) is 1. The molecule has 0 bridgehead atoms. The van der Waals surface area contributed by atoms with E-state index in [0.29, 0.717) is 6.54 Å². The van der Waals surface area contributed by atoms with Gasteiger partial charge in [-0.05, 0) is 43.3 Å². The van der Waals surface area contributed by atoms with Gasteiger partial charge in [-0.25, -0.2) is 0 Å². The van der Waals surface area contributed by atoms with Crippen LogP contribution in [0.15, 0.2) is 40.8 Å². The van der Waals surface area contributed by atoms with Crippen molar-refractivity contribution in [2.75, 3.05) is 13.7 Å². The molecule has 0 fully saturated rings. The molecule has 0 aliphatic carbocycles. The zero-order valence-corrected chi connectivity index (χ0v) is 10.8. The van der Waals surface area contributed by atoms with E-state index in [1.54, 1.807) is 7.11 Å². The fourth-order valence-electron chi connectivity index (χ4n) is 2.05. The quantitative estimate of drug-likeness (QED) is 0.881. The molecule has 18 heavy (non-hydrogen) atoms. The van der Waals surface area contributed by atoms with Crippen molar-refractivity contribution in [2.24, 2.45) is 5.73 Å². The van der Waals surface area contributed by atoms with E-state index in [4.69, 9.17) is 14.9 Å². The first-order valence-corrected chi connectivity index (χ1v) is 6.12. The van der Waals surface area contributed by atoms with Gasteiger partial charge in [0.1, 0.15) is 17.3 Å². The number of benzene rings is 1. The van der Waals surface area contributed by atoms with Crippen LogP contribution in [0, 0.1) is 6.92 Å². The van der Waals surface area contributed by atoms with Crippen LogP contribution < -0.4 is 10.5 Å². The molecule has 1 heterocycles. The summed E-state index contributed by atoms with van der Waals surface area (Å²) in [4.78, 5) is 0. The molecule has 0 spiro atoms. The van der Waals surface area contributed by atoms with E-state index in [0.717, 1.165) is 23.7 Å². The van der Waals surface area contributed by atoms with Crippen LogP contribution in [0.1, 0.15) is 23.0 Å². The van der Waals surface area contributed by atoms with E-state index < -0.39 is 0 Å². The minimum absolute atomic E-state index is 0.279. The van der Waals surface area contributed by atoms with Crippen molar-refractivity contribution in [1.82, 2.24) is 0 Å². The zero-order chi connectivity index (χ0) is 13.0. The van der Waals surface area contributed by atoms with Crippen LogP contribution in [0.3, 0.4) is 0 Å². The third kappa shape index (κ3) is 2.93. The van der Waals surface area contributed by atoms with Crippen LogP contribution in [-0.4, -0.2) is 13.7 Å². The summed E-state index contributed by atoms with van der Waals surface area (Å²) in [5, 5.41) is 0. The Kier molecular flexibility index (Phi) is 4.05. The number of aryl methyl sites for hydroxylation is 1. The molecule has 2 rings (SSSR count). The van der Waals surface area contributed by atoms with Gasteiger partial charge in [0.2, 0.25) is 0 Å². The molecule has 3 heteroatoms. The minimum atomic E-state index is 0.279. The average Bonchev–Trinajstić information content (AvgIpc) is 2.82. The van der Waals surface area contributed by atoms with E-state index in [2.05, 4.69) is 12.1 Å². The Morgan fingerprint density at radius 3 is 2.39 bits per heavy atom. The zero-order valence-electron chi connectivity index (χ0n) is 10.8. The third-order valence-corrected chi connectivity index (χ3v) is 3.12. The van der Waals surface area contributed by atoms with Crippen LogP contribution in [0.5, 0.6) is 5.75 Å². The molecule has 0 aliphatic heterocycles. The van der Waals surface area contributed by atoms with Gasteiger partial charge in [-0.2, -0.15) is 0 Å². The second-order valence-corrected chi connectivity index (χ2v) is 4.42. The Balaban J connectivity index is 2.12. The molecule has 1 aromatic carbocycles. The van der Waals surface area contributed by atoms with Crippen molar-refractivity contribution < 1.29 is 9.15 Å². The summed E-state index contributed by atoms with van der Waals surface area (Å²) in [6, 6.07) is 12.0. The van der Waals surface area contributed by atoms with Crippen molar-refractivity contribution >= 4 is 0 Å². The second kappa shape index (κ2) is 5.74. The lowest BCUT2D eigenvalue weighted by molar-refractivity contribution is 0.414. The molecule has 2 N–H and O–H groups in total. The Bertz CT molecular complexity index is 487. The molecule has 0 amide bonds. The van der Waals surface area contributed by atoms with Crippen molar-refractivity contribution in [1.29, 1.82) is 0 Å². The highest BCUT2D eigenvalue weighted by Crippen LogP contribution is 2.23. The fraction of sp³-hybridized carbons (Fsp3) is 0.333. The van der Waals surface area contributed by atoms with Crippen LogP contribution in [-0.2, 0) is 6.42 Å². The predicted octanol–water partition coefficient (Wildman–Crippen LogP) is 2.88. The lowest BCUT2D eigenvalue weighted by Gasteiger charge is -2.14. The third-order valence-electron chi connectivity index (χ3n) is 3.12. The number of rotatable bonds is 5. The number of hydrogen-bond acceptors (Lipinski definition) is 3. The van der Waals surface area contributed by atoms with Gasteiger partial charge >= 0.3 is 0 Å². The van der Waals surface area contributed by atoms with Crippen LogP contribution >= 0.6 is 0 Å². The smallest absolute Gasteiger partial charge is 0.118 e. The summed E-state index contributed by atoms with van der Waals surface area (Å²) in [5.74, 6) is 3.07. The van der Waals surface area contributed by atoms with Crippen LogP contribution in [0.2, 0.25) is 0 Å². The van der Waals surface area contributed by atoms with E-state index in [9.17, 15) is 0 Å². The van der Waals surface area contributed by atoms with Gasteiger partial charge < -0.3 is 14.9 Å². The Hall–Kier alpha value is -1.74. The van der Waals surface area contributed by atoms with Gasteiger partial charge in [0.25, 0.3) is 0 Å². The van der Waals surface area contributed by atoms with Gasteiger partial charge in [-0.15, -0.1) is 0 Å². The van der Waals surface area contributed by atoms with Crippen molar-refractivity contribution in [2.45, 2.75) is 19.3 Å². The summed E-state index contributed by atoms with van der Waals surface area (Å²) in [6.45, 7) is 2.56. The Labute approximate surface area is 108 Å². The fourth-order valence-corrected chi connectivity index (χ4v) is 2.05. The number of hydrogen-bond donors (Lipinski definition) is 1. The van der Waals surface area contributed by atoms with E-state index in [-0.39, 0.29) is 5.92 Å². The summed E-state index contributed by atoms with van der Waals surface area (Å²) in [5.41, 5.74) is 7.07. The van der Waals surface area contributed by atoms with Gasteiger partial charge in [-0.3, -0.25) is 0 Å². The highest BCUT2D eigenvalue weighted by atomic mass is 16.5. The SMILES string of the molecule is COc1ccc(C(CN)Cc2ccc(C)o2)cc1. The molecule has 1 unspecified atom stereocenters. The standard InChI is InChI=1S/C15H19NO2/c1-11-3-6-15(18-11)9-13(10-16)12-4-7-14(17-2)8-5-12/h3-8,13H,9-10,16H2,1-2H3. The summed E-state index contributed by atoms with van der Waals surface area (Å²) < 4.78 is 10.8. The average molecular weight is 245 g/mol. The highest BCUT2D eigenvalue weighted by Gasteiger charge is 2.12. The Morgan fingerprint density at radius 2 is 1.89 bits per heavy atom. The van der Waals surface area contributed by atoms with E-state index >= 15 is 0 Å². The molecular weight excluding hydrogens is 226 g/mol. The number of furan rings is 1. The lowest BCUT2D eigenvalue weighted by atomic mass is 9.95. The van der Waals surface area contributed by atoms with Crippen LogP contribution in [0.4, 0.5) is 0 Å². The lowest BCUT2D eigenvalue weighted by Crippen LogP contribution is -2.14. The Morgan fingerprint density at radius 1 is 1.17 bits per heavy atom. The molecule has 0 aliphatic rings. The van der Waals surface area contributed by atoms with Crippen molar-refractivity contribution in [3.05, 3.63) is 53.5 Å². The molecule has 0 saturated carbocycles. The van der Waals surface area contributed by atoms with Gasteiger partial charge in [0.15, 0.2) is 0 Å². The minimum Gasteiger partial charge on any atom is -0.497 e. The number of nitrogens with two attached hydrogens (primary N) is 1. The van der Waals surface area contributed by atoms with Gasteiger partial charge in [0, 0.05) is 12.3 Å². The van der Waals surface area contributed by atoms with E-state index in [1.807, 2.05) is 31.2 Å². The summed E-state index contributed by atoms with van der Waals surface area (Å²) in [7, 11) is 1.67. The molecule has 0 radical (unpaired) electrons. The van der Waals surface area contributed by atoms with Gasteiger partial charge in [-0.1, -0.05) is 12.1 Å². The van der Waals surface area contributed by atoms with Crippen molar-refractivity contribution in [3.63, 3.8) is 0 Å². The largest absolute Gasteiger partial charge is 0.497 e. The molecule has 3 nitrogen and oxygen atoms in total. The summed E-state index contributed by atoms with van der Waals surface area (Å²) >= 11 is 0. The molecule has 1 atom stereocenters. The maximum absolute atomic E-state index is 5.86. The first kappa shape index (κ1) is 12.7. The van der Waals surface area contributed by atoms with E-state index in [1.165, 1.54) is 5.56 Å². The highest BCUT2D eigenvalue weighted by molar-refractivity contribution is 5.30. The predicted molar refractivity (Wildman–Crippen MR) is 71.9 cm³/mol. The topological polar surface area (TPSA) is 48.4 Å². The molecule has 0 saturated heterocycles. The monoisotopic (exact) mass is 245 g/mol. The number of methoxy groups -OCH3 is 1. The summed E-state index contributed by atoms with van der Waals surface area (Å²) in [6.07, 6.45) is 0.830. The maximum atomic E-state index is 5.86. The molecule has 96 valence electrons. The first-order chi connectivity index (χ1) is 8.72. The molecular formula is C15H19NO2. The van der Waals surface area contributed by atoms with Crippen LogP contribution in [0.25, 0.3) is 0 Å².